The first kappa shape index (κ1) is 19.3. The second-order valence-corrected chi connectivity index (χ2v) is 9.32. The van der Waals surface area contributed by atoms with Gasteiger partial charge in [-0.2, -0.15) is 0 Å². The Morgan fingerprint density at radius 1 is 0.706 bits per heavy atom. The lowest BCUT2D eigenvalue weighted by Gasteiger charge is -2.24. The Bertz CT molecular complexity index is 1720. The minimum atomic E-state index is 0.475. The summed E-state index contributed by atoms with van der Waals surface area (Å²) in [7, 11) is 0. The van der Waals surface area contributed by atoms with Crippen molar-refractivity contribution in [2.45, 2.75) is 19.9 Å². The van der Waals surface area contributed by atoms with Crippen LogP contribution in [0, 0.1) is 0 Å². The van der Waals surface area contributed by atoms with Crippen molar-refractivity contribution in [3.05, 3.63) is 97.3 Å². The van der Waals surface area contributed by atoms with Crippen molar-refractivity contribution in [3.8, 4) is 5.69 Å². The van der Waals surface area contributed by atoms with Crippen LogP contribution in [0.4, 0.5) is 5.69 Å². The number of hydrogen-bond acceptors (Lipinski definition) is 3. The van der Waals surface area contributed by atoms with Gasteiger partial charge in [0, 0.05) is 46.0 Å². The number of anilines is 1. The molecule has 2 aromatic heterocycles. The van der Waals surface area contributed by atoms with Gasteiger partial charge in [0.1, 0.15) is 11.2 Å². The summed E-state index contributed by atoms with van der Waals surface area (Å²) in [5.74, 6) is 0. The molecule has 0 radical (unpaired) electrons. The van der Waals surface area contributed by atoms with Gasteiger partial charge in [0.15, 0.2) is 0 Å². The maximum absolute atomic E-state index is 6.25. The minimum Gasteiger partial charge on any atom is -0.456 e. The highest BCUT2D eigenvalue weighted by molar-refractivity contribution is 6.24. The van der Waals surface area contributed by atoms with E-state index >= 15 is 0 Å². The fourth-order valence-electron chi connectivity index (χ4n) is 5.26. The first-order valence-electron chi connectivity index (χ1n) is 11.8. The molecule has 7 rings (SSSR count). The summed E-state index contributed by atoms with van der Waals surface area (Å²) in [5.41, 5.74) is 6.59. The number of rotatable bonds is 3. The summed E-state index contributed by atoms with van der Waals surface area (Å²) in [5, 5.41) is 4.81. The van der Waals surface area contributed by atoms with E-state index in [1.54, 1.807) is 0 Å². The Morgan fingerprint density at radius 2 is 1.50 bits per heavy atom. The molecule has 0 N–H and O–H groups in total. The SMILES string of the molecule is CC(C)N1C=CN(c2ccc3c4ccc5oc6ccccc6c5c4n(-c4ccccc4)c3c2)C1. The number of benzene rings is 4. The fraction of sp³-hybridized carbons (Fsp3) is 0.133. The molecule has 0 aliphatic carbocycles. The Labute approximate surface area is 197 Å². The van der Waals surface area contributed by atoms with Gasteiger partial charge in [-0.3, -0.25) is 0 Å². The van der Waals surface area contributed by atoms with Gasteiger partial charge < -0.3 is 18.8 Å². The molecule has 34 heavy (non-hydrogen) atoms. The van der Waals surface area contributed by atoms with Crippen LogP contribution >= 0.6 is 0 Å². The fourth-order valence-corrected chi connectivity index (χ4v) is 5.26. The van der Waals surface area contributed by atoms with E-state index < -0.39 is 0 Å². The first-order chi connectivity index (χ1) is 16.7. The van der Waals surface area contributed by atoms with E-state index in [4.69, 9.17) is 4.42 Å². The molecule has 1 aliphatic heterocycles. The Balaban J connectivity index is 1.57. The topological polar surface area (TPSA) is 24.6 Å². The summed E-state index contributed by atoms with van der Waals surface area (Å²) < 4.78 is 8.65. The normalized spacial score (nSPS) is 14.1. The molecule has 0 spiro atoms. The smallest absolute Gasteiger partial charge is 0.137 e. The zero-order valence-corrected chi connectivity index (χ0v) is 19.3. The summed E-state index contributed by atoms with van der Waals surface area (Å²) in [6.07, 6.45) is 4.36. The van der Waals surface area contributed by atoms with E-state index in [0.29, 0.717) is 6.04 Å². The molecule has 0 saturated heterocycles. The summed E-state index contributed by atoms with van der Waals surface area (Å²) in [6.45, 7) is 5.32. The van der Waals surface area contributed by atoms with E-state index in [0.717, 1.165) is 28.9 Å². The Morgan fingerprint density at radius 3 is 2.32 bits per heavy atom. The van der Waals surface area contributed by atoms with Crippen LogP contribution in [0.25, 0.3) is 49.4 Å². The van der Waals surface area contributed by atoms with Gasteiger partial charge in [0.05, 0.1) is 23.1 Å². The minimum absolute atomic E-state index is 0.475. The standard InChI is InChI=1S/C30H25N3O/c1-20(2)31-16-17-32(19-31)22-12-13-23-24-14-15-28-29(25-10-6-7-11-27(25)34-28)30(24)33(26(23)18-22)21-8-4-3-5-9-21/h3-18,20H,19H2,1-2H3. The molecule has 6 aromatic rings. The van der Waals surface area contributed by atoms with Crippen molar-refractivity contribution < 1.29 is 4.42 Å². The number of para-hydroxylation sites is 2. The van der Waals surface area contributed by atoms with E-state index in [9.17, 15) is 0 Å². The van der Waals surface area contributed by atoms with Crippen LogP contribution in [-0.2, 0) is 0 Å². The van der Waals surface area contributed by atoms with Gasteiger partial charge in [0.25, 0.3) is 0 Å². The molecular formula is C30H25N3O. The number of aromatic nitrogens is 1. The Hall–Kier alpha value is -4.18. The van der Waals surface area contributed by atoms with Gasteiger partial charge in [-0.1, -0.05) is 42.5 Å². The van der Waals surface area contributed by atoms with Crippen LogP contribution in [0.5, 0.6) is 0 Å². The van der Waals surface area contributed by atoms with E-state index in [1.165, 1.54) is 32.9 Å². The number of furan rings is 1. The predicted octanol–water partition coefficient (Wildman–Crippen LogP) is 7.64. The molecule has 4 aromatic carbocycles. The van der Waals surface area contributed by atoms with Gasteiger partial charge in [-0.25, -0.2) is 0 Å². The lowest BCUT2D eigenvalue weighted by Crippen LogP contribution is -2.30. The molecule has 0 bridgehead atoms. The van der Waals surface area contributed by atoms with Crippen LogP contribution in [0.3, 0.4) is 0 Å². The van der Waals surface area contributed by atoms with Gasteiger partial charge in [0.2, 0.25) is 0 Å². The average molecular weight is 444 g/mol. The molecule has 4 nitrogen and oxygen atoms in total. The van der Waals surface area contributed by atoms with Crippen molar-refractivity contribution in [3.63, 3.8) is 0 Å². The van der Waals surface area contributed by atoms with Crippen molar-refractivity contribution >= 4 is 49.4 Å². The van der Waals surface area contributed by atoms with Gasteiger partial charge in [-0.05, 0) is 56.3 Å². The third kappa shape index (κ3) is 2.72. The molecule has 0 fully saturated rings. The molecule has 166 valence electrons. The van der Waals surface area contributed by atoms with Crippen LogP contribution in [0.15, 0.2) is 102 Å². The molecule has 4 heteroatoms. The molecule has 0 atom stereocenters. The van der Waals surface area contributed by atoms with E-state index in [2.05, 4.69) is 119 Å². The van der Waals surface area contributed by atoms with Crippen molar-refractivity contribution in [2.75, 3.05) is 11.6 Å². The molecule has 3 heterocycles. The lowest BCUT2D eigenvalue weighted by molar-refractivity contribution is 0.336. The van der Waals surface area contributed by atoms with Gasteiger partial charge >= 0.3 is 0 Å². The second-order valence-electron chi connectivity index (χ2n) is 9.32. The third-order valence-corrected chi connectivity index (χ3v) is 7.02. The largest absolute Gasteiger partial charge is 0.456 e. The molecule has 0 unspecified atom stereocenters. The summed E-state index contributed by atoms with van der Waals surface area (Å²) in [6, 6.07) is 30.6. The highest BCUT2D eigenvalue weighted by atomic mass is 16.3. The number of fused-ring (bicyclic) bond motifs is 7. The average Bonchev–Trinajstić information content (AvgIpc) is 3.57. The summed E-state index contributed by atoms with van der Waals surface area (Å²) in [4.78, 5) is 4.66. The third-order valence-electron chi connectivity index (χ3n) is 7.02. The summed E-state index contributed by atoms with van der Waals surface area (Å²) >= 11 is 0. The monoisotopic (exact) mass is 443 g/mol. The predicted molar refractivity (Wildman–Crippen MR) is 142 cm³/mol. The van der Waals surface area contributed by atoms with E-state index in [-0.39, 0.29) is 0 Å². The van der Waals surface area contributed by atoms with Crippen LogP contribution < -0.4 is 4.90 Å². The second kappa shape index (κ2) is 7.16. The highest BCUT2D eigenvalue weighted by Gasteiger charge is 2.21. The van der Waals surface area contributed by atoms with Crippen molar-refractivity contribution in [1.29, 1.82) is 0 Å². The van der Waals surface area contributed by atoms with Crippen LogP contribution in [0.1, 0.15) is 13.8 Å². The molecule has 1 aliphatic rings. The van der Waals surface area contributed by atoms with E-state index in [1.807, 2.05) is 6.07 Å². The maximum atomic E-state index is 6.25. The molecule has 0 saturated carbocycles. The Kier molecular flexibility index (Phi) is 4.06. The van der Waals surface area contributed by atoms with Crippen LogP contribution in [0.2, 0.25) is 0 Å². The van der Waals surface area contributed by atoms with Crippen molar-refractivity contribution in [1.82, 2.24) is 9.47 Å². The number of nitrogens with zero attached hydrogens (tertiary/aromatic N) is 3. The zero-order chi connectivity index (χ0) is 22.8. The first-order valence-corrected chi connectivity index (χ1v) is 11.8. The van der Waals surface area contributed by atoms with Gasteiger partial charge in [-0.15, -0.1) is 0 Å². The van der Waals surface area contributed by atoms with Crippen LogP contribution in [-0.4, -0.2) is 22.2 Å². The maximum Gasteiger partial charge on any atom is 0.137 e. The highest BCUT2D eigenvalue weighted by Crippen LogP contribution is 2.41. The molecule has 0 amide bonds. The number of hydrogen-bond donors (Lipinski definition) is 0. The molecular weight excluding hydrogens is 418 g/mol. The lowest BCUT2D eigenvalue weighted by atomic mass is 10.1. The zero-order valence-electron chi connectivity index (χ0n) is 19.3. The quantitative estimate of drug-likeness (QED) is 0.281. The van der Waals surface area contributed by atoms with Crippen molar-refractivity contribution in [2.24, 2.45) is 0 Å².